The molecule has 0 saturated carbocycles. The van der Waals surface area contributed by atoms with E-state index in [4.69, 9.17) is 9.47 Å². The van der Waals surface area contributed by atoms with Crippen LogP contribution in [0.2, 0.25) is 0 Å². The molecule has 0 aliphatic rings. The molecule has 0 aliphatic carbocycles. The Morgan fingerprint density at radius 3 is 2.45 bits per heavy atom. The van der Waals surface area contributed by atoms with Gasteiger partial charge in [-0.3, -0.25) is 0 Å². The van der Waals surface area contributed by atoms with Gasteiger partial charge in [-0.1, -0.05) is 19.9 Å². The number of hydrogen-bond acceptors (Lipinski definition) is 3. The maximum Gasteiger partial charge on any atom is 0.344 e. The van der Waals surface area contributed by atoms with Gasteiger partial charge in [0.25, 0.3) is 0 Å². The summed E-state index contributed by atoms with van der Waals surface area (Å²) < 4.78 is 10.8. The second-order valence-electron chi connectivity index (χ2n) is 6.26. The van der Waals surface area contributed by atoms with Gasteiger partial charge >= 0.3 is 5.97 Å². The van der Waals surface area contributed by atoms with E-state index in [1.54, 1.807) is 0 Å². The average molecular weight is 278 g/mol. The van der Waals surface area contributed by atoms with Crippen LogP contribution in [0.25, 0.3) is 0 Å². The number of ether oxygens (including phenoxy) is 2. The topological polar surface area (TPSA) is 35.5 Å². The molecule has 0 radical (unpaired) electrons. The van der Waals surface area contributed by atoms with Gasteiger partial charge in [0.2, 0.25) is 0 Å². The molecule has 0 amide bonds. The molecule has 0 fully saturated rings. The van der Waals surface area contributed by atoms with Crippen molar-refractivity contribution in [3.63, 3.8) is 0 Å². The number of carbonyl (C=O) groups excluding carboxylic acids is 1. The summed E-state index contributed by atoms with van der Waals surface area (Å²) in [6.45, 7) is 11.9. The van der Waals surface area contributed by atoms with Crippen LogP contribution in [0.15, 0.2) is 18.2 Å². The van der Waals surface area contributed by atoms with E-state index in [9.17, 15) is 4.79 Å². The molecule has 1 aromatic carbocycles. The summed E-state index contributed by atoms with van der Waals surface area (Å²) in [4.78, 5) is 11.6. The molecule has 0 heterocycles. The molecule has 1 rings (SSSR count). The van der Waals surface area contributed by atoms with Crippen LogP contribution in [0.5, 0.6) is 5.75 Å². The Balaban J connectivity index is 2.69. The van der Waals surface area contributed by atoms with Crippen molar-refractivity contribution >= 4 is 5.97 Å². The molecule has 0 aliphatic heterocycles. The molecule has 0 N–H and O–H groups in total. The summed E-state index contributed by atoms with van der Waals surface area (Å²) in [7, 11) is 0. The highest BCUT2D eigenvalue weighted by Gasteiger charge is 2.16. The van der Waals surface area contributed by atoms with Gasteiger partial charge in [0.1, 0.15) is 11.4 Å². The predicted molar refractivity (Wildman–Crippen MR) is 81.2 cm³/mol. The van der Waals surface area contributed by atoms with Crippen molar-refractivity contribution in [2.45, 2.75) is 59.5 Å². The molecule has 0 bridgehead atoms. The molecule has 0 saturated heterocycles. The smallest absolute Gasteiger partial charge is 0.344 e. The molecule has 1 unspecified atom stereocenters. The van der Waals surface area contributed by atoms with Gasteiger partial charge in [0.15, 0.2) is 6.61 Å². The highest BCUT2D eigenvalue weighted by molar-refractivity contribution is 5.71. The lowest BCUT2D eigenvalue weighted by Gasteiger charge is -2.19. The van der Waals surface area contributed by atoms with Crippen LogP contribution in [0.3, 0.4) is 0 Å². The molecule has 20 heavy (non-hydrogen) atoms. The lowest BCUT2D eigenvalue weighted by Crippen LogP contribution is -2.27. The Labute approximate surface area is 122 Å². The van der Waals surface area contributed by atoms with Crippen molar-refractivity contribution in [3.05, 3.63) is 29.3 Å². The number of carbonyl (C=O) groups is 1. The summed E-state index contributed by atoms with van der Waals surface area (Å²) in [5.41, 5.74) is 1.91. The number of esters is 1. The SMILES string of the molecule is CCC(C)c1cc(C)cc(OCC(=O)OC(C)(C)C)c1. The first-order chi connectivity index (χ1) is 9.21. The molecule has 112 valence electrons. The quantitative estimate of drug-likeness (QED) is 0.756. The third-order valence-electron chi connectivity index (χ3n) is 3.03. The Kier molecular flexibility index (Phi) is 5.61. The van der Waals surface area contributed by atoms with Crippen LogP contribution >= 0.6 is 0 Å². The number of hydrogen-bond donors (Lipinski definition) is 0. The first kappa shape index (κ1) is 16.5. The van der Waals surface area contributed by atoms with Crippen LogP contribution in [-0.2, 0) is 9.53 Å². The number of rotatable bonds is 5. The third kappa shape index (κ3) is 5.64. The largest absolute Gasteiger partial charge is 0.482 e. The van der Waals surface area contributed by atoms with E-state index in [0.717, 1.165) is 17.7 Å². The Hall–Kier alpha value is -1.51. The van der Waals surface area contributed by atoms with Crippen LogP contribution in [0, 0.1) is 6.92 Å². The van der Waals surface area contributed by atoms with Crippen LogP contribution in [0.1, 0.15) is 58.1 Å². The minimum Gasteiger partial charge on any atom is -0.482 e. The summed E-state index contributed by atoms with van der Waals surface area (Å²) in [5.74, 6) is 0.869. The standard InChI is InChI=1S/C17H26O3/c1-7-13(3)14-8-12(2)9-15(10-14)19-11-16(18)20-17(4,5)6/h8-10,13H,7,11H2,1-6H3. The molecule has 3 nitrogen and oxygen atoms in total. The van der Waals surface area contributed by atoms with Gasteiger partial charge in [-0.15, -0.1) is 0 Å². The van der Waals surface area contributed by atoms with E-state index >= 15 is 0 Å². The summed E-state index contributed by atoms with van der Waals surface area (Å²) in [6.07, 6.45) is 1.08. The van der Waals surface area contributed by atoms with Crippen molar-refractivity contribution in [2.24, 2.45) is 0 Å². The molecule has 3 heteroatoms. The third-order valence-corrected chi connectivity index (χ3v) is 3.03. The Bertz CT molecular complexity index is 458. The van der Waals surface area contributed by atoms with Crippen molar-refractivity contribution < 1.29 is 14.3 Å². The molecule has 0 spiro atoms. The minimum absolute atomic E-state index is 0.0549. The summed E-state index contributed by atoms with van der Waals surface area (Å²) >= 11 is 0. The monoisotopic (exact) mass is 278 g/mol. The van der Waals surface area contributed by atoms with E-state index in [-0.39, 0.29) is 12.6 Å². The second kappa shape index (κ2) is 6.78. The van der Waals surface area contributed by atoms with Gasteiger partial charge in [-0.25, -0.2) is 4.79 Å². The van der Waals surface area contributed by atoms with Crippen molar-refractivity contribution in [2.75, 3.05) is 6.61 Å². The van der Waals surface area contributed by atoms with Gasteiger partial charge < -0.3 is 9.47 Å². The fourth-order valence-electron chi connectivity index (χ4n) is 1.89. The molecular weight excluding hydrogens is 252 g/mol. The fraction of sp³-hybridized carbons (Fsp3) is 0.588. The van der Waals surface area contributed by atoms with Gasteiger partial charge in [0.05, 0.1) is 0 Å². The summed E-state index contributed by atoms with van der Waals surface area (Å²) in [5, 5.41) is 0. The van der Waals surface area contributed by atoms with E-state index in [0.29, 0.717) is 5.92 Å². The lowest BCUT2D eigenvalue weighted by molar-refractivity contribution is -0.157. The Morgan fingerprint density at radius 2 is 1.90 bits per heavy atom. The maximum absolute atomic E-state index is 11.6. The zero-order valence-electron chi connectivity index (χ0n) is 13.4. The first-order valence-electron chi connectivity index (χ1n) is 7.17. The van der Waals surface area contributed by atoms with Gasteiger partial charge in [0, 0.05) is 0 Å². The second-order valence-corrected chi connectivity index (χ2v) is 6.26. The van der Waals surface area contributed by atoms with E-state index in [2.05, 4.69) is 19.9 Å². The molecule has 1 aromatic rings. The van der Waals surface area contributed by atoms with E-state index < -0.39 is 5.60 Å². The molecule has 1 atom stereocenters. The van der Waals surface area contributed by atoms with E-state index in [1.165, 1.54) is 5.56 Å². The summed E-state index contributed by atoms with van der Waals surface area (Å²) in [6, 6.07) is 6.11. The molecule has 0 aromatic heterocycles. The Morgan fingerprint density at radius 1 is 1.25 bits per heavy atom. The van der Waals surface area contributed by atoms with Gasteiger partial charge in [-0.2, -0.15) is 0 Å². The zero-order chi connectivity index (χ0) is 15.3. The molecular formula is C17H26O3. The predicted octanol–water partition coefficient (Wildman–Crippen LogP) is 4.23. The van der Waals surface area contributed by atoms with Crippen molar-refractivity contribution in [1.29, 1.82) is 0 Å². The van der Waals surface area contributed by atoms with Crippen LogP contribution in [-0.4, -0.2) is 18.2 Å². The lowest BCUT2D eigenvalue weighted by atomic mass is 9.97. The average Bonchev–Trinajstić information content (AvgIpc) is 2.32. The van der Waals surface area contributed by atoms with Crippen LogP contribution in [0.4, 0.5) is 0 Å². The highest BCUT2D eigenvalue weighted by atomic mass is 16.6. The van der Waals surface area contributed by atoms with Gasteiger partial charge in [-0.05, 0) is 63.3 Å². The first-order valence-corrected chi connectivity index (χ1v) is 7.17. The normalized spacial score (nSPS) is 12.9. The highest BCUT2D eigenvalue weighted by Crippen LogP contribution is 2.25. The van der Waals surface area contributed by atoms with Crippen molar-refractivity contribution in [3.8, 4) is 5.75 Å². The van der Waals surface area contributed by atoms with Crippen molar-refractivity contribution in [1.82, 2.24) is 0 Å². The minimum atomic E-state index is -0.477. The maximum atomic E-state index is 11.6. The number of benzene rings is 1. The zero-order valence-corrected chi connectivity index (χ0v) is 13.4. The van der Waals surface area contributed by atoms with Crippen LogP contribution < -0.4 is 4.74 Å². The number of aryl methyl sites for hydroxylation is 1. The fourth-order valence-corrected chi connectivity index (χ4v) is 1.89. The van der Waals surface area contributed by atoms with E-state index in [1.807, 2.05) is 39.8 Å².